The molecule has 1 heterocycles. The van der Waals surface area contributed by atoms with Gasteiger partial charge in [-0.1, -0.05) is 64.3 Å². The van der Waals surface area contributed by atoms with Gasteiger partial charge in [0.15, 0.2) is 11.5 Å². The summed E-state index contributed by atoms with van der Waals surface area (Å²) in [5.74, 6) is -0.646. The highest BCUT2D eigenvalue weighted by molar-refractivity contribution is 6.09. The molecule has 0 saturated heterocycles. The van der Waals surface area contributed by atoms with E-state index >= 15 is 0 Å². The maximum atomic E-state index is 13.0. The number of ketones is 1. The smallest absolute Gasteiger partial charge is 0.290 e. The van der Waals surface area contributed by atoms with Crippen LogP contribution in [0.2, 0.25) is 0 Å². The minimum atomic E-state index is -0.460. The first-order chi connectivity index (χ1) is 12.9. The maximum absolute atomic E-state index is 13.0. The Hall–Kier alpha value is -2.10. The molecule has 1 saturated carbocycles. The van der Waals surface area contributed by atoms with Crippen molar-refractivity contribution in [1.82, 2.24) is 4.90 Å². The fourth-order valence-corrected chi connectivity index (χ4v) is 4.39. The number of carbonyl (C=O) groups excluding carboxylic acids is 2. The molecule has 4 nitrogen and oxygen atoms in total. The standard InChI is InChI=1S/C23H31NO3/c1-4-16-10-12-17(13-11-16)21-20(19(25)14-15(2)3)22(26)23(27)24(21)18-8-6-5-7-9-18/h10-13,15,18,21,26H,4-9,14H2,1-3H3. The lowest BCUT2D eigenvalue weighted by molar-refractivity contribution is -0.132. The number of aryl methyl sites for hydroxylation is 1. The molecule has 1 N–H and O–H groups in total. The largest absolute Gasteiger partial charge is 0.503 e. The molecule has 0 radical (unpaired) electrons. The molecule has 1 aromatic carbocycles. The summed E-state index contributed by atoms with van der Waals surface area (Å²) in [6.07, 6.45) is 6.53. The third-order valence-corrected chi connectivity index (χ3v) is 5.81. The third kappa shape index (κ3) is 3.95. The number of aliphatic hydroxyl groups excluding tert-OH is 1. The molecule has 1 aromatic rings. The predicted molar refractivity (Wildman–Crippen MR) is 106 cm³/mol. The SMILES string of the molecule is CCc1ccc(C2C(C(=O)CC(C)C)=C(O)C(=O)N2C2CCCCC2)cc1. The van der Waals surface area contributed by atoms with Crippen LogP contribution in [0.3, 0.4) is 0 Å². The van der Waals surface area contributed by atoms with Gasteiger partial charge in [0.1, 0.15) is 0 Å². The number of hydrogen-bond acceptors (Lipinski definition) is 3. The van der Waals surface area contributed by atoms with Crippen LogP contribution in [-0.2, 0) is 16.0 Å². The third-order valence-electron chi connectivity index (χ3n) is 5.81. The Morgan fingerprint density at radius 2 is 1.78 bits per heavy atom. The minimum absolute atomic E-state index is 0.0913. The van der Waals surface area contributed by atoms with E-state index in [9.17, 15) is 14.7 Å². The van der Waals surface area contributed by atoms with Gasteiger partial charge >= 0.3 is 0 Å². The molecule has 3 rings (SSSR count). The van der Waals surface area contributed by atoms with Crippen molar-refractivity contribution in [2.75, 3.05) is 0 Å². The fraction of sp³-hybridized carbons (Fsp3) is 0.565. The molecule has 1 unspecified atom stereocenters. The van der Waals surface area contributed by atoms with Crippen LogP contribution in [0.25, 0.3) is 0 Å². The van der Waals surface area contributed by atoms with E-state index in [2.05, 4.69) is 19.1 Å². The number of benzene rings is 1. The summed E-state index contributed by atoms with van der Waals surface area (Å²) in [7, 11) is 0. The summed E-state index contributed by atoms with van der Waals surface area (Å²) >= 11 is 0. The molecular weight excluding hydrogens is 338 g/mol. The average molecular weight is 370 g/mol. The van der Waals surface area contributed by atoms with E-state index in [1.807, 2.05) is 26.0 Å². The van der Waals surface area contributed by atoms with Gasteiger partial charge in [0.2, 0.25) is 0 Å². The van der Waals surface area contributed by atoms with Crippen molar-refractivity contribution in [3.05, 3.63) is 46.7 Å². The first-order valence-corrected chi connectivity index (χ1v) is 10.3. The normalized spacial score (nSPS) is 21.4. The van der Waals surface area contributed by atoms with E-state index < -0.39 is 6.04 Å². The van der Waals surface area contributed by atoms with Gasteiger partial charge in [-0.25, -0.2) is 0 Å². The zero-order valence-corrected chi connectivity index (χ0v) is 16.7. The summed E-state index contributed by atoms with van der Waals surface area (Å²) in [5.41, 5.74) is 2.43. The monoisotopic (exact) mass is 369 g/mol. The molecule has 2 aliphatic rings. The van der Waals surface area contributed by atoms with Crippen LogP contribution >= 0.6 is 0 Å². The van der Waals surface area contributed by atoms with Crippen LogP contribution in [0.15, 0.2) is 35.6 Å². The molecule has 1 aliphatic carbocycles. The van der Waals surface area contributed by atoms with Gasteiger partial charge in [0.25, 0.3) is 5.91 Å². The molecule has 4 heteroatoms. The van der Waals surface area contributed by atoms with Gasteiger partial charge in [0.05, 0.1) is 11.6 Å². The molecule has 1 atom stereocenters. The lowest BCUT2D eigenvalue weighted by Gasteiger charge is -2.36. The average Bonchev–Trinajstić information content (AvgIpc) is 2.93. The number of aliphatic hydroxyl groups is 1. The molecule has 1 fully saturated rings. The van der Waals surface area contributed by atoms with E-state index in [-0.39, 0.29) is 29.4 Å². The zero-order valence-electron chi connectivity index (χ0n) is 16.7. The Morgan fingerprint density at radius 1 is 1.15 bits per heavy atom. The Balaban J connectivity index is 2.02. The molecule has 0 spiro atoms. The second-order valence-corrected chi connectivity index (χ2v) is 8.29. The molecule has 1 amide bonds. The second kappa shape index (κ2) is 8.28. The van der Waals surface area contributed by atoms with Crippen molar-refractivity contribution in [3.63, 3.8) is 0 Å². The Kier molecular flexibility index (Phi) is 6.03. The highest BCUT2D eigenvalue weighted by Crippen LogP contribution is 2.42. The van der Waals surface area contributed by atoms with Crippen molar-refractivity contribution < 1.29 is 14.7 Å². The summed E-state index contributed by atoms with van der Waals surface area (Å²) in [4.78, 5) is 27.7. The summed E-state index contributed by atoms with van der Waals surface area (Å²) in [6, 6.07) is 7.76. The Bertz CT molecular complexity index is 726. The van der Waals surface area contributed by atoms with E-state index in [0.717, 1.165) is 37.7 Å². The van der Waals surface area contributed by atoms with Crippen LogP contribution in [0.5, 0.6) is 0 Å². The van der Waals surface area contributed by atoms with Crippen LogP contribution in [-0.4, -0.2) is 27.7 Å². The first kappa shape index (κ1) is 19.7. The van der Waals surface area contributed by atoms with Crippen LogP contribution in [0.1, 0.15) is 76.5 Å². The van der Waals surface area contributed by atoms with Gasteiger partial charge in [-0.2, -0.15) is 0 Å². The number of carbonyl (C=O) groups is 2. The summed E-state index contributed by atoms with van der Waals surface area (Å²) in [6.45, 7) is 6.07. The molecule has 0 aromatic heterocycles. The van der Waals surface area contributed by atoms with Crippen LogP contribution in [0.4, 0.5) is 0 Å². The van der Waals surface area contributed by atoms with Gasteiger partial charge in [-0.15, -0.1) is 0 Å². The fourth-order valence-electron chi connectivity index (χ4n) is 4.39. The number of nitrogens with zero attached hydrogens (tertiary/aromatic N) is 1. The summed E-state index contributed by atoms with van der Waals surface area (Å²) < 4.78 is 0. The topological polar surface area (TPSA) is 57.6 Å². The lowest BCUT2D eigenvalue weighted by atomic mass is 9.89. The highest BCUT2D eigenvalue weighted by Gasteiger charge is 2.46. The van der Waals surface area contributed by atoms with Crippen molar-refractivity contribution in [3.8, 4) is 0 Å². The van der Waals surface area contributed by atoms with E-state index in [0.29, 0.717) is 12.0 Å². The van der Waals surface area contributed by atoms with E-state index in [1.165, 1.54) is 12.0 Å². The van der Waals surface area contributed by atoms with Gasteiger partial charge < -0.3 is 10.0 Å². The number of Topliss-reactive ketones (excluding diaryl/α,β-unsaturated/α-hetero) is 1. The molecule has 27 heavy (non-hydrogen) atoms. The van der Waals surface area contributed by atoms with Gasteiger partial charge in [0, 0.05) is 12.5 Å². The minimum Gasteiger partial charge on any atom is -0.503 e. The zero-order chi connectivity index (χ0) is 19.6. The predicted octanol–water partition coefficient (Wildman–Crippen LogP) is 4.89. The van der Waals surface area contributed by atoms with Crippen LogP contribution in [0, 0.1) is 5.92 Å². The quantitative estimate of drug-likeness (QED) is 0.776. The lowest BCUT2D eigenvalue weighted by Crippen LogP contribution is -2.41. The molecule has 1 aliphatic heterocycles. The van der Waals surface area contributed by atoms with E-state index in [1.54, 1.807) is 4.90 Å². The maximum Gasteiger partial charge on any atom is 0.290 e. The Labute approximate surface area is 162 Å². The van der Waals surface area contributed by atoms with Crippen molar-refractivity contribution >= 4 is 11.7 Å². The first-order valence-electron chi connectivity index (χ1n) is 10.3. The van der Waals surface area contributed by atoms with Gasteiger partial charge in [-0.3, -0.25) is 9.59 Å². The van der Waals surface area contributed by atoms with Gasteiger partial charge in [-0.05, 0) is 36.3 Å². The summed E-state index contributed by atoms with van der Waals surface area (Å²) in [5, 5.41) is 10.6. The number of amides is 1. The molecule has 0 bridgehead atoms. The number of hydrogen-bond donors (Lipinski definition) is 1. The molecular formula is C23H31NO3. The van der Waals surface area contributed by atoms with Crippen molar-refractivity contribution in [1.29, 1.82) is 0 Å². The highest BCUT2D eigenvalue weighted by atomic mass is 16.3. The molecule has 146 valence electrons. The Morgan fingerprint density at radius 3 is 2.33 bits per heavy atom. The van der Waals surface area contributed by atoms with Crippen LogP contribution < -0.4 is 0 Å². The second-order valence-electron chi connectivity index (χ2n) is 8.29. The van der Waals surface area contributed by atoms with Crippen molar-refractivity contribution in [2.24, 2.45) is 5.92 Å². The van der Waals surface area contributed by atoms with E-state index in [4.69, 9.17) is 0 Å². The van der Waals surface area contributed by atoms with Crippen molar-refractivity contribution in [2.45, 2.75) is 77.8 Å². The number of rotatable bonds is 6.